The van der Waals surface area contributed by atoms with Gasteiger partial charge in [0.05, 0.1) is 12.0 Å². The van der Waals surface area contributed by atoms with Crippen LogP contribution < -0.4 is 0 Å². The van der Waals surface area contributed by atoms with Crippen LogP contribution in [0, 0.1) is 10.1 Å². The minimum absolute atomic E-state index is 0.0159. The number of nitro groups is 1. The monoisotopic (exact) mass is 209 g/mol. The molecule has 1 aliphatic carbocycles. The van der Waals surface area contributed by atoms with E-state index < -0.39 is 22.9 Å². The van der Waals surface area contributed by atoms with E-state index in [4.69, 9.17) is 0 Å². The van der Waals surface area contributed by atoms with Gasteiger partial charge in [-0.25, -0.2) is 4.79 Å². The van der Waals surface area contributed by atoms with E-state index in [0.717, 1.165) is 0 Å². The smallest absolute Gasteiger partial charge is 0.346 e. The van der Waals surface area contributed by atoms with Gasteiger partial charge in [-0.3, -0.25) is 14.9 Å². The Morgan fingerprint density at radius 1 is 1.47 bits per heavy atom. The molecule has 0 spiro atoms. The topological polar surface area (TPSA) is 86.5 Å². The van der Waals surface area contributed by atoms with Crippen LogP contribution in [-0.2, 0) is 14.3 Å². The van der Waals surface area contributed by atoms with Crippen LogP contribution in [-0.4, -0.2) is 22.9 Å². The normalized spacial score (nSPS) is 24.9. The molecule has 1 saturated heterocycles. The largest absolute Gasteiger partial charge is 0.389 e. The maximum absolute atomic E-state index is 11.2. The number of rotatable bonds is 1. The Morgan fingerprint density at radius 2 is 2.20 bits per heavy atom. The van der Waals surface area contributed by atoms with E-state index in [1.54, 1.807) is 6.08 Å². The summed E-state index contributed by atoms with van der Waals surface area (Å²) in [4.78, 5) is 32.2. The molecule has 0 aromatic carbocycles. The Kier molecular flexibility index (Phi) is 2.11. The van der Waals surface area contributed by atoms with Crippen molar-refractivity contribution in [2.45, 2.75) is 18.9 Å². The van der Waals surface area contributed by atoms with Crippen LogP contribution >= 0.6 is 0 Å². The minimum Gasteiger partial charge on any atom is -0.389 e. The summed E-state index contributed by atoms with van der Waals surface area (Å²) in [5, 5.41) is 10.5. The standard InChI is InChI=1S/C9H7NO5/c11-8-3-5-1-2-6(10(13)14)4-7(5)9(12)15-8/h1,4,6H,2-3H2. The lowest BCUT2D eigenvalue weighted by molar-refractivity contribution is -0.508. The summed E-state index contributed by atoms with van der Waals surface area (Å²) < 4.78 is 4.37. The van der Waals surface area contributed by atoms with Gasteiger partial charge in [0.1, 0.15) is 0 Å². The van der Waals surface area contributed by atoms with E-state index in [1.165, 1.54) is 6.08 Å². The zero-order valence-electron chi connectivity index (χ0n) is 7.63. The highest BCUT2D eigenvalue weighted by Crippen LogP contribution is 2.28. The molecule has 15 heavy (non-hydrogen) atoms. The van der Waals surface area contributed by atoms with Crippen LogP contribution in [0.4, 0.5) is 0 Å². The lowest BCUT2D eigenvalue weighted by Gasteiger charge is -2.20. The Morgan fingerprint density at radius 3 is 2.87 bits per heavy atom. The number of carbonyl (C=O) groups excluding carboxylic acids is 2. The molecule has 78 valence electrons. The highest BCUT2D eigenvalue weighted by molar-refractivity contribution is 6.04. The first-order valence-corrected chi connectivity index (χ1v) is 4.37. The third-order valence-electron chi connectivity index (χ3n) is 2.34. The molecule has 0 amide bonds. The molecule has 6 nitrogen and oxygen atoms in total. The Balaban J connectivity index is 2.31. The Labute approximate surface area is 84.4 Å². The maximum Gasteiger partial charge on any atom is 0.346 e. The molecule has 0 aromatic rings. The summed E-state index contributed by atoms with van der Waals surface area (Å²) in [6.07, 6.45) is 3.04. The fourth-order valence-corrected chi connectivity index (χ4v) is 1.60. The second kappa shape index (κ2) is 3.30. The van der Waals surface area contributed by atoms with Crippen LogP contribution in [0.25, 0.3) is 0 Å². The predicted octanol–water partition coefficient (Wildman–Crippen LogP) is 0.362. The van der Waals surface area contributed by atoms with Gasteiger partial charge < -0.3 is 4.74 Å². The molecule has 1 aliphatic heterocycles. The quantitative estimate of drug-likeness (QED) is 0.269. The number of cyclic esters (lactones) is 2. The lowest BCUT2D eigenvalue weighted by atomic mass is 9.91. The van der Waals surface area contributed by atoms with Crippen molar-refractivity contribution in [1.82, 2.24) is 0 Å². The van der Waals surface area contributed by atoms with E-state index in [9.17, 15) is 19.7 Å². The van der Waals surface area contributed by atoms with E-state index in [0.29, 0.717) is 5.57 Å². The van der Waals surface area contributed by atoms with Crippen LogP contribution in [0.15, 0.2) is 23.3 Å². The van der Waals surface area contributed by atoms with Crippen molar-refractivity contribution in [1.29, 1.82) is 0 Å². The van der Waals surface area contributed by atoms with Crippen molar-refractivity contribution in [3.63, 3.8) is 0 Å². The first kappa shape index (κ1) is 9.57. The SMILES string of the molecule is O=C1CC2=CCC([N+](=O)[O-])C=C2C(=O)O1. The zero-order valence-corrected chi connectivity index (χ0v) is 7.63. The summed E-state index contributed by atoms with van der Waals surface area (Å²) in [6.45, 7) is 0. The van der Waals surface area contributed by atoms with Crippen LogP contribution in [0.3, 0.4) is 0 Å². The molecule has 2 aliphatic rings. The molecule has 1 fully saturated rings. The number of fused-ring (bicyclic) bond motifs is 1. The van der Waals surface area contributed by atoms with Crippen molar-refractivity contribution in [3.8, 4) is 0 Å². The number of nitrogens with zero attached hydrogens (tertiary/aromatic N) is 1. The van der Waals surface area contributed by atoms with Crippen LogP contribution in [0.1, 0.15) is 12.8 Å². The number of carbonyl (C=O) groups is 2. The number of ether oxygens (including phenoxy) is 1. The molecular formula is C9H7NO5. The van der Waals surface area contributed by atoms with Crippen LogP contribution in [0.5, 0.6) is 0 Å². The van der Waals surface area contributed by atoms with Gasteiger partial charge in [0.25, 0.3) is 0 Å². The highest BCUT2D eigenvalue weighted by atomic mass is 16.6. The highest BCUT2D eigenvalue weighted by Gasteiger charge is 2.33. The summed E-state index contributed by atoms with van der Waals surface area (Å²) in [7, 11) is 0. The Hall–Kier alpha value is -1.98. The van der Waals surface area contributed by atoms with Gasteiger partial charge in [-0.2, -0.15) is 0 Å². The predicted molar refractivity (Wildman–Crippen MR) is 47.3 cm³/mol. The van der Waals surface area contributed by atoms with E-state index in [1.807, 2.05) is 0 Å². The van der Waals surface area contributed by atoms with Gasteiger partial charge in [-0.05, 0) is 5.57 Å². The fourth-order valence-electron chi connectivity index (χ4n) is 1.60. The van der Waals surface area contributed by atoms with Gasteiger partial charge in [-0.15, -0.1) is 0 Å². The molecule has 1 unspecified atom stereocenters. The molecule has 0 radical (unpaired) electrons. The van der Waals surface area contributed by atoms with Gasteiger partial charge in [-0.1, -0.05) is 6.08 Å². The van der Waals surface area contributed by atoms with E-state index in [-0.39, 0.29) is 18.4 Å². The van der Waals surface area contributed by atoms with Crippen molar-refractivity contribution < 1.29 is 19.2 Å². The van der Waals surface area contributed by atoms with Crippen LogP contribution in [0.2, 0.25) is 0 Å². The second-order valence-corrected chi connectivity index (χ2v) is 3.34. The molecule has 0 saturated carbocycles. The first-order chi connectivity index (χ1) is 7.08. The average Bonchev–Trinajstić information content (AvgIpc) is 2.16. The number of hydrogen-bond donors (Lipinski definition) is 0. The van der Waals surface area contributed by atoms with Crippen molar-refractivity contribution in [2.75, 3.05) is 0 Å². The molecule has 2 rings (SSSR count). The summed E-state index contributed by atoms with van der Waals surface area (Å²) >= 11 is 0. The Bertz CT molecular complexity index is 420. The zero-order chi connectivity index (χ0) is 11.0. The van der Waals surface area contributed by atoms with E-state index in [2.05, 4.69) is 4.74 Å². The lowest BCUT2D eigenvalue weighted by Crippen LogP contribution is -2.28. The summed E-state index contributed by atoms with van der Waals surface area (Å²) in [6, 6.07) is -0.899. The maximum atomic E-state index is 11.2. The summed E-state index contributed by atoms with van der Waals surface area (Å²) in [5.74, 6) is -1.40. The van der Waals surface area contributed by atoms with Crippen molar-refractivity contribution >= 4 is 11.9 Å². The van der Waals surface area contributed by atoms with E-state index >= 15 is 0 Å². The molecule has 1 atom stereocenters. The first-order valence-electron chi connectivity index (χ1n) is 4.37. The third kappa shape index (κ3) is 1.65. The molecule has 0 N–H and O–H groups in total. The molecule has 0 bridgehead atoms. The van der Waals surface area contributed by atoms with Gasteiger partial charge >= 0.3 is 11.9 Å². The average molecular weight is 209 g/mol. The third-order valence-corrected chi connectivity index (χ3v) is 2.34. The molecular weight excluding hydrogens is 202 g/mol. The second-order valence-electron chi connectivity index (χ2n) is 3.34. The van der Waals surface area contributed by atoms with Crippen molar-refractivity contribution in [2.24, 2.45) is 0 Å². The minimum atomic E-state index is -0.899. The van der Waals surface area contributed by atoms with Crippen molar-refractivity contribution in [3.05, 3.63) is 33.4 Å². The molecule has 1 heterocycles. The molecule has 6 heteroatoms. The van der Waals surface area contributed by atoms with Gasteiger partial charge in [0.15, 0.2) is 0 Å². The van der Waals surface area contributed by atoms with Gasteiger partial charge in [0, 0.05) is 17.4 Å². The van der Waals surface area contributed by atoms with Gasteiger partial charge in [0.2, 0.25) is 6.04 Å². The summed E-state index contributed by atoms with van der Waals surface area (Å²) in [5.41, 5.74) is 0.692. The fraction of sp³-hybridized carbons (Fsp3) is 0.333. The molecule has 0 aromatic heterocycles. The number of hydrogen-bond acceptors (Lipinski definition) is 5. The number of esters is 2.